The molecule has 0 saturated heterocycles. The van der Waals surface area contributed by atoms with Crippen molar-refractivity contribution >= 4 is 10.0 Å². The van der Waals surface area contributed by atoms with Crippen molar-refractivity contribution in [3.63, 3.8) is 0 Å². The number of sulfonamides is 1. The molecule has 128 valence electrons. The van der Waals surface area contributed by atoms with E-state index in [-0.39, 0.29) is 11.3 Å². The first-order valence-electron chi connectivity index (χ1n) is 8.88. The van der Waals surface area contributed by atoms with E-state index >= 15 is 0 Å². The number of rotatable bonds is 6. The zero-order chi connectivity index (χ0) is 15.9. The Balaban J connectivity index is 1.40. The van der Waals surface area contributed by atoms with Gasteiger partial charge in [0.15, 0.2) is 0 Å². The number of aromatic nitrogens is 2. The van der Waals surface area contributed by atoms with E-state index < -0.39 is 10.0 Å². The van der Waals surface area contributed by atoms with Crippen LogP contribution in [0.3, 0.4) is 0 Å². The van der Waals surface area contributed by atoms with Crippen molar-refractivity contribution in [3.05, 3.63) is 18.0 Å². The standard InChI is InChI=1S/C16H26N4O2S/c21-23(22,16-5-6-16)18-10-8-15-12-19(13-3-1-2-4-13)11-14-7-9-17-20(14)15/h7,9,13,15-16,18H,1-6,8,10-12H2/t15-/m0/s1. The topological polar surface area (TPSA) is 67.2 Å². The normalized spacial score (nSPS) is 26.5. The van der Waals surface area contributed by atoms with Gasteiger partial charge < -0.3 is 0 Å². The van der Waals surface area contributed by atoms with Gasteiger partial charge in [0.1, 0.15) is 0 Å². The summed E-state index contributed by atoms with van der Waals surface area (Å²) >= 11 is 0. The summed E-state index contributed by atoms with van der Waals surface area (Å²) in [5, 5.41) is 4.34. The zero-order valence-electron chi connectivity index (χ0n) is 13.5. The van der Waals surface area contributed by atoms with E-state index in [1.165, 1.54) is 31.4 Å². The lowest BCUT2D eigenvalue weighted by Crippen LogP contribution is -2.43. The summed E-state index contributed by atoms with van der Waals surface area (Å²) in [6, 6.07) is 3.07. The van der Waals surface area contributed by atoms with Crippen molar-refractivity contribution in [3.8, 4) is 0 Å². The molecule has 0 aromatic carbocycles. The minimum atomic E-state index is -3.07. The molecule has 0 amide bonds. The number of fused-ring (bicyclic) bond motifs is 1. The Morgan fingerprint density at radius 1 is 1.22 bits per heavy atom. The molecule has 1 aromatic rings. The highest BCUT2D eigenvalue weighted by atomic mass is 32.2. The summed E-state index contributed by atoms with van der Waals surface area (Å²) in [5.41, 5.74) is 1.26. The molecule has 23 heavy (non-hydrogen) atoms. The molecule has 6 nitrogen and oxygen atoms in total. The van der Waals surface area contributed by atoms with Gasteiger partial charge in [-0.2, -0.15) is 5.10 Å². The third-order valence-corrected chi connectivity index (χ3v) is 7.45. The number of hydrogen-bond acceptors (Lipinski definition) is 4. The van der Waals surface area contributed by atoms with E-state index in [1.54, 1.807) is 0 Å². The molecule has 0 spiro atoms. The van der Waals surface area contributed by atoms with Crippen molar-refractivity contribution in [1.82, 2.24) is 19.4 Å². The molecule has 1 N–H and O–H groups in total. The van der Waals surface area contributed by atoms with Crippen LogP contribution in [0.1, 0.15) is 56.7 Å². The first-order valence-corrected chi connectivity index (χ1v) is 10.4. The van der Waals surface area contributed by atoms with E-state index in [2.05, 4.69) is 25.5 Å². The third-order valence-electron chi connectivity index (χ3n) is 5.49. The minimum absolute atomic E-state index is 0.135. The van der Waals surface area contributed by atoms with E-state index in [4.69, 9.17) is 0 Å². The second-order valence-electron chi connectivity index (χ2n) is 7.22. The quantitative estimate of drug-likeness (QED) is 0.856. The molecule has 7 heteroatoms. The van der Waals surface area contributed by atoms with Crippen molar-refractivity contribution in [2.45, 2.75) is 68.8 Å². The maximum absolute atomic E-state index is 12.0. The average molecular weight is 338 g/mol. The van der Waals surface area contributed by atoms with Gasteiger partial charge in [0.25, 0.3) is 0 Å². The fourth-order valence-electron chi connectivity index (χ4n) is 4.04. The monoisotopic (exact) mass is 338 g/mol. The lowest BCUT2D eigenvalue weighted by molar-refractivity contribution is 0.120. The molecule has 4 rings (SSSR count). The van der Waals surface area contributed by atoms with Crippen LogP contribution in [0.15, 0.2) is 12.3 Å². The maximum atomic E-state index is 12.0. The Morgan fingerprint density at radius 2 is 2.00 bits per heavy atom. The van der Waals surface area contributed by atoms with E-state index in [0.717, 1.165) is 32.4 Å². The fourth-order valence-corrected chi connectivity index (χ4v) is 5.44. The number of hydrogen-bond donors (Lipinski definition) is 1. The van der Waals surface area contributed by atoms with Gasteiger partial charge in [-0.3, -0.25) is 9.58 Å². The van der Waals surface area contributed by atoms with E-state index in [9.17, 15) is 8.42 Å². The highest BCUT2D eigenvalue weighted by molar-refractivity contribution is 7.90. The first-order chi connectivity index (χ1) is 11.1. The van der Waals surface area contributed by atoms with Crippen LogP contribution in [0.2, 0.25) is 0 Å². The van der Waals surface area contributed by atoms with Crippen LogP contribution in [0.5, 0.6) is 0 Å². The maximum Gasteiger partial charge on any atom is 0.214 e. The molecule has 2 aliphatic carbocycles. The largest absolute Gasteiger partial charge is 0.292 e. The van der Waals surface area contributed by atoms with Gasteiger partial charge >= 0.3 is 0 Å². The van der Waals surface area contributed by atoms with Crippen LogP contribution < -0.4 is 4.72 Å². The van der Waals surface area contributed by atoms with Gasteiger partial charge in [0.2, 0.25) is 10.0 Å². The molecule has 1 aromatic heterocycles. The summed E-state index contributed by atoms with van der Waals surface area (Å²) in [6.45, 7) is 2.49. The third kappa shape index (κ3) is 3.32. The van der Waals surface area contributed by atoms with Crippen molar-refractivity contribution in [2.75, 3.05) is 13.1 Å². The smallest absolute Gasteiger partial charge is 0.214 e. The molecule has 2 fully saturated rings. The van der Waals surface area contributed by atoms with E-state index in [0.29, 0.717) is 12.6 Å². The molecule has 2 saturated carbocycles. The van der Waals surface area contributed by atoms with Gasteiger partial charge in [-0.25, -0.2) is 13.1 Å². The molecule has 0 bridgehead atoms. The summed E-state index contributed by atoms with van der Waals surface area (Å²) in [4.78, 5) is 2.59. The Bertz CT molecular complexity index is 647. The minimum Gasteiger partial charge on any atom is -0.292 e. The first kappa shape index (κ1) is 15.6. The summed E-state index contributed by atoms with van der Waals surface area (Å²) in [5.74, 6) is 0. The Hall–Kier alpha value is -0.920. The molecule has 1 aliphatic heterocycles. The lowest BCUT2D eigenvalue weighted by atomic mass is 10.1. The zero-order valence-corrected chi connectivity index (χ0v) is 14.3. The van der Waals surface area contributed by atoms with E-state index in [1.807, 2.05) is 6.20 Å². The SMILES string of the molecule is O=S(=O)(NCC[C@H]1CN(C2CCCC2)Cc2ccnn21)C1CC1. The van der Waals surface area contributed by atoms with Gasteiger partial charge in [-0.05, 0) is 38.2 Å². The van der Waals surface area contributed by atoms with Crippen LogP contribution in [0.25, 0.3) is 0 Å². The molecular formula is C16H26N4O2S. The fraction of sp³-hybridized carbons (Fsp3) is 0.812. The lowest BCUT2D eigenvalue weighted by Gasteiger charge is -2.37. The second kappa shape index (κ2) is 6.18. The predicted octanol–water partition coefficient (Wildman–Crippen LogP) is 1.65. The summed E-state index contributed by atoms with van der Waals surface area (Å²) < 4.78 is 28.8. The van der Waals surface area contributed by atoms with Gasteiger partial charge in [0.05, 0.1) is 17.0 Å². The Labute approximate surface area is 138 Å². The van der Waals surface area contributed by atoms with Crippen molar-refractivity contribution in [1.29, 1.82) is 0 Å². The van der Waals surface area contributed by atoms with Crippen molar-refractivity contribution in [2.24, 2.45) is 0 Å². The molecule has 0 radical (unpaired) electrons. The second-order valence-corrected chi connectivity index (χ2v) is 9.26. The predicted molar refractivity (Wildman–Crippen MR) is 88.5 cm³/mol. The summed E-state index contributed by atoms with van der Waals surface area (Å²) in [7, 11) is -3.07. The highest BCUT2D eigenvalue weighted by Gasteiger charge is 2.36. The molecule has 0 unspecified atom stereocenters. The molecule has 3 aliphatic rings. The van der Waals surface area contributed by atoms with Crippen LogP contribution in [0, 0.1) is 0 Å². The number of nitrogens with one attached hydrogen (secondary N) is 1. The number of nitrogens with zero attached hydrogens (tertiary/aromatic N) is 3. The molecule has 1 atom stereocenters. The molecule has 2 heterocycles. The van der Waals surface area contributed by atoms with Crippen LogP contribution in [0.4, 0.5) is 0 Å². The summed E-state index contributed by atoms with van der Waals surface area (Å²) in [6.07, 6.45) is 9.59. The Morgan fingerprint density at radius 3 is 2.74 bits per heavy atom. The van der Waals surface area contributed by atoms with Crippen LogP contribution >= 0.6 is 0 Å². The molecular weight excluding hydrogens is 312 g/mol. The van der Waals surface area contributed by atoms with Gasteiger partial charge in [-0.1, -0.05) is 12.8 Å². The Kier molecular flexibility index (Phi) is 4.19. The van der Waals surface area contributed by atoms with Gasteiger partial charge in [-0.15, -0.1) is 0 Å². The van der Waals surface area contributed by atoms with Crippen LogP contribution in [-0.4, -0.2) is 47.5 Å². The highest BCUT2D eigenvalue weighted by Crippen LogP contribution is 2.31. The van der Waals surface area contributed by atoms with Crippen molar-refractivity contribution < 1.29 is 8.42 Å². The van der Waals surface area contributed by atoms with Crippen LogP contribution in [-0.2, 0) is 16.6 Å². The average Bonchev–Trinajstić information content (AvgIpc) is 3.07. The van der Waals surface area contributed by atoms with Gasteiger partial charge in [0, 0.05) is 31.9 Å².